The summed E-state index contributed by atoms with van der Waals surface area (Å²) in [6, 6.07) is 4.61. The van der Waals surface area contributed by atoms with Crippen LogP contribution in [0.5, 0.6) is 0 Å². The van der Waals surface area contributed by atoms with Crippen molar-refractivity contribution in [1.29, 1.82) is 0 Å². The highest BCUT2D eigenvalue weighted by atomic mass is 35.5. The van der Waals surface area contributed by atoms with Crippen molar-refractivity contribution < 1.29 is 0 Å². The standard InChI is InChI=1S/C6H5ClN/c1-5-3-2-4-8-6(5)7/h3-4H,1H3. The van der Waals surface area contributed by atoms with Crippen LogP contribution >= 0.6 is 11.6 Å². The van der Waals surface area contributed by atoms with E-state index in [1.807, 2.05) is 6.92 Å². The van der Waals surface area contributed by atoms with Crippen LogP contribution in [0, 0.1) is 13.0 Å². The Labute approximate surface area is 53.3 Å². The molecule has 0 amide bonds. The van der Waals surface area contributed by atoms with E-state index in [-0.39, 0.29) is 0 Å². The second kappa shape index (κ2) is 2.14. The maximum atomic E-state index is 5.58. The Morgan fingerprint density at radius 2 is 2.50 bits per heavy atom. The monoisotopic (exact) mass is 126 g/mol. The summed E-state index contributed by atoms with van der Waals surface area (Å²) in [6.07, 6.45) is 1.55. The average Bonchev–Trinajstić information content (AvgIpc) is 1.77. The molecule has 1 aromatic rings. The lowest BCUT2D eigenvalue weighted by Gasteiger charge is -1.89. The van der Waals surface area contributed by atoms with E-state index in [0.29, 0.717) is 5.15 Å². The molecule has 0 aromatic carbocycles. The van der Waals surface area contributed by atoms with E-state index in [1.54, 1.807) is 12.3 Å². The maximum absolute atomic E-state index is 5.58. The van der Waals surface area contributed by atoms with Gasteiger partial charge in [-0.1, -0.05) is 11.6 Å². The minimum Gasteiger partial charge on any atom is -0.244 e. The van der Waals surface area contributed by atoms with Crippen molar-refractivity contribution in [1.82, 2.24) is 4.98 Å². The first-order valence-corrected chi connectivity index (χ1v) is 2.66. The normalized spacial score (nSPS) is 9.25. The molecule has 0 aliphatic rings. The van der Waals surface area contributed by atoms with Crippen molar-refractivity contribution in [3.8, 4) is 0 Å². The molecule has 0 aliphatic heterocycles. The number of pyridine rings is 1. The predicted molar refractivity (Wildman–Crippen MR) is 32.8 cm³/mol. The first kappa shape index (κ1) is 5.57. The highest BCUT2D eigenvalue weighted by Crippen LogP contribution is 2.07. The zero-order valence-electron chi connectivity index (χ0n) is 4.48. The average molecular weight is 127 g/mol. The van der Waals surface area contributed by atoms with Gasteiger partial charge in [-0.15, -0.1) is 0 Å². The van der Waals surface area contributed by atoms with Crippen LogP contribution in [0.3, 0.4) is 0 Å². The summed E-state index contributed by atoms with van der Waals surface area (Å²) in [5.74, 6) is 0. The van der Waals surface area contributed by atoms with Gasteiger partial charge in [-0.3, -0.25) is 0 Å². The molecule has 0 bridgehead atoms. The maximum Gasteiger partial charge on any atom is 0.131 e. The van der Waals surface area contributed by atoms with Crippen molar-refractivity contribution in [2.75, 3.05) is 0 Å². The summed E-state index contributed by atoms with van der Waals surface area (Å²) < 4.78 is 0. The van der Waals surface area contributed by atoms with Crippen LogP contribution in [0.25, 0.3) is 0 Å². The van der Waals surface area contributed by atoms with E-state index in [1.165, 1.54) is 0 Å². The number of hydrogen-bond acceptors (Lipinski definition) is 1. The molecule has 0 aliphatic carbocycles. The van der Waals surface area contributed by atoms with E-state index in [9.17, 15) is 0 Å². The molecule has 0 saturated heterocycles. The number of nitrogens with zero attached hydrogens (tertiary/aromatic N) is 1. The third-order valence-corrected chi connectivity index (χ3v) is 1.27. The third kappa shape index (κ3) is 0.984. The molecule has 1 radical (unpaired) electrons. The van der Waals surface area contributed by atoms with Crippen molar-refractivity contribution >= 4 is 11.6 Å². The third-order valence-electron chi connectivity index (χ3n) is 0.878. The van der Waals surface area contributed by atoms with Crippen LogP contribution in [-0.4, -0.2) is 4.98 Å². The summed E-state index contributed by atoms with van der Waals surface area (Å²) in [4.78, 5) is 3.79. The van der Waals surface area contributed by atoms with Crippen LogP contribution < -0.4 is 0 Å². The van der Waals surface area contributed by atoms with Gasteiger partial charge in [0.05, 0.1) is 0 Å². The molecule has 41 valence electrons. The van der Waals surface area contributed by atoms with Gasteiger partial charge in [-0.25, -0.2) is 4.98 Å². The second-order valence-corrected chi connectivity index (χ2v) is 1.90. The number of aromatic nitrogens is 1. The Hall–Kier alpha value is -0.560. The van der Waals surface area contributed by atoms with Crippen molar-refractivity contribution in [2.45, 2.75) is 6.92 Å². The van der Waals surface area contributed by atoms with Crippen LogP contribution in [0.2, 0.25) is 5.15 Å². The lowest BCUT2D eigenvalue weighted by atomic mass is 10.3. The largest absolute Gasteiger partial charge is 0.244 e. The summed E-state index contributed by atoms with van der Waals surface area (Å²) in [5.41, 5.74) is 0.967. The highest BCUT2D eigenvalue weighted by Gasteiger charge is 1.88. The predicted octanol–water partition coefficient (Wildman–Crippen LogP) is 1.84. The lowest BCUT2D eigenvalue weighted by Crippen LogP contribution is -1.76. The molecule has 0 fully saturated rings. The summed E-state index contributed by atoms with van der Waals surface area (Å²) in [5, 5.41) is 0.559. The highest BCUT2D eigenvalue weighted by molar-refractivity contribution is 6.30. The number of halogens is 1. The molecule has 0 N–H and O–H groups in total. The van der Waals surface area contributed by atoms with Gasteiger partial charge >= 0.3 is 0 Å². The Bertz CT molecular complexity index is 165. The number of aryl methyl sites for hydroxylation is 1. The minimum absolute atomic E-state index is 0.559. The molecule has 0 spiro atoms. The Morgan fingerprint density at radius 3 is 2.88 bits per heavy atom. The molecule has 1 aromatic heterocycles. The van der Waals surface area contributed by atoms with E-state index >= 15 is 0 Å². The molecular formula is C6H5ClN. The molecule has 0 unspecified atom stereocenters. The SMILES string of the molecule is Cc1c[c]cnc1Cl. The van der Waals surface area contributed by atoms with Crippen LogP contribution in [0.1, 0.15) is 5.56 Å². The van der Waals surface area contributed by atoms with Gasteiger partial charge in [0.25, 0.3) is 0 Å². The van der Waals surface area contributed by atoms with Gasteiger partial charge in [0, 0.05) is 12.3 Å². The van der Waals surface area contributed by atoms with Crippen LogP contribution in [0.15, 0.2) is 12.3 Å². The first-order valence-electron chi connectivity index (χ1n) is 2.29. The topological polar surface area (TPSA) is 12.9 Å². The van der Waals surface area contributed by atoms with Crippen molar-refractivity contribution in [3.05, 3.63) is 29.0 Å². The smallest absolute Gasteiger partial charge is 0.131 e. The molecule has 0 atom stereocenters. The Morgan fingerprint density at radius 1 is 1.75 bits per heavy atom. The molecule has 1 heterocycles. The van der Waals surface area contributed by atoms with Crippen molar-refractivity contribution in [3.63, 3.8) is 0 Å². The molecular weight excluding hydrogens is 122 g/mol. The second-order valence-electron chi connectivity index (χ2n) is 1.54. The van der Waals surface area contributed by atoms with Gasteiger partial charge in [-0.05, 0) is 18.6 Å². The van der Waals surface area contributed by atoms with Crippen LogP contribution in [0.4, 0.5) is 0 Å². The van der Waals surface area contributed by atoms with Gasteiger partial charge in [0.1, 0.15) is 5.15 Å². The molecule has 1 nitrogen and oxygen atoms in total. The summed E-state index contributed by atoms with van der Waals surface area (Å²) >= 11 is 5.58. The van der Waals surface area contributed by atoms with Crippen molar-refractivity contribution in [2.24, 2.45) is 0 Å². The molecule has 0 saturated carbocycles. The summed E-state index contributed by atoms with van der Waals surface area (Å²) in [7, 11) is 0. The van der Waals surface area contributed by atoms with E-state index in [0.717, 1.165) is 5.56 Å². The van der Waals surface area contributed by atoms with E-state index in [4.69, 9.17) is 11.6 Å². The molecule has 8 heavy (non-hydrogen) atoms. The summed E-state index contributed by atoms with van der Waals surface area (Å²) in [6.45, 7) is 1.89. The minimum atomic E-state index is 0.559. The van der Waals surface area contributed by atoms with Crippen LogP contribution in [-0.2, 0) is 0 Å². The number of hydrogen-bond donors (Lipinski definition) is 0. The fourth-order valence-corrected chi connectivity index (χ4v) is 0.521. The zero-order valence-corrected chi connectivity index (χ0v) is 5.24. The zero-order chi connectivity index (χ0) is 5.98. The van der Waals surface area contributed by atoms with E-state index < -0.39 is 0 Å². The lowest BCUT2D eigenvalue weighted by molar-refractivity contribution is 1.26. The van der Waals surface area contributed by atoms with Gasteiger partial charge < -0.3 is 0 Å². The molecule has 1 rings (SSSR count). The first-order chi connectivity index (χ1) is 3.80. The van der Waals surface area contributed by atoms with Gasteiger partial charge in [0.2, 0.25) is 0 Å². The Balaban J connectivity index is 3.13. The van der Waals surface area contributed by atoms with E-state index in [2.05, 4.69) is 11.1 Å². The fourth-order valence-electron chi connectivity index (χ4n) is 0.418. The van der Waals surface area contributed by atoms with Gasteiger partial charge in [0.15, 0.2) is 0 Å². The Kier molecular flexibility index (Phi) is 1.49. The van der Waals surface area contributed by atoms with Gasteiger partial charge in [-0.2, -0.15) is 0 Å². The molecule has 2 heteroatoms. The number of rotatable bonds is 0. The quantitative estimate of drug-likeness (QED) is 0.484. The fraction of sp³-hybridized carbons (Fsp3) is 0.167.